The molecule has 0 heterocycles. The lowest BCUT2D eigenvalue weighted by atomic mass is 9.89. The number of anilines is 5. The second-order valence-electron chi connectivity index (χ2n) is 13.2. The number of rotatable bonds is 6. The molecule has 9 aromatic rings. The van der Waals surface area contributed by atoms with Gasteiger partial charge in [-0.3, -0.25) is 0 Å². The first-order valence-corrected chi connectivity index (χ1v) is 17.5. The Kier molecular flexibility index (Phi) is 6.66. The summed E-state index contributed by atoms with van der Waals surface area (Å²) in [4.78, 5) is 4.79. The first-order valence-electron chi connectivity index (χ1n) is 17.5. The highest BCUT2D eigenvalue weighted by molar-refractivity contribution is 6.21. The van der Waals surface area contributed by atoms with Crippen LogP contribution in [-0.4, -0.2) is 0 Å². The quantitative estimate of drug-likeness (QED) is 0.166. The van der Waals surface area contributed by atoms with Crippen LogP contribution in [0.1, 0.15) is 11.1 Å². The van der Waals surface area contributed by atoms with Gasteiger partial charge in [-0.05, 0) is 82.9 Å². The first kappa shape index (κ1) is 29.1. The molecule has 0 spiro atoms. The second-order valence-corrected chi connectivity index (χ2v) is 13.2. The van der Waals surface area contributed by atoms with E-state index < -0.39 is 0 Å². The Bertz CT molecular complexity index is 2940. The van der Waals surface area contributed by atoms with Crippen LogP contribution in [-0.2, 0) is 0 Å². The molecule has 0 amide bonds. The van der Waals surface area contributed by atoms with E-state index in [0.29, 0.717) is 0 Å². The lowest BCUT2D eigenvalue weighted by Crippen LogP contribution is -2.19. The molecular weight excluding hydrogens is 617 g/mol. The van der Waals surface area contributed by atoms with Crippen molar-refractivity contribution in [1.82, 2.24) is 0 Å². The SMILES string of the molecule is Cc1cc(N(c2ccccc2)c2cccc3ccccc23)c2ccc3c4c(ccc1c24)C(N(c1ccccc1)c1cccc2ccccc12)=C=C=3. The fraction of sp³-hybridized carbons (Fsp3) is 0.0204. The first-order chi connectivity index (χ1) is 25.2. The van der Waals surface area contributed by atoms with Crippen LogP contribution in [0.25, 0.3) is 54.5 Å². The van der Waals surface area contributed by atoms with Gasteiger partial charge < -0.3 is 9.80 Å². The van der Waals surface area contributed by atoms with Crippen LogP contribution < -0.4 is 15.0 Å². The van der Waals surface area contributed by atoms with E-state index in [0.717, 1.165) is 44.9 Å². The van der Waals surface area contributed by atoms with Crippen LogP contribution >= 0.6 is 0 Å². The second kappa shape index (κ2) is 11.7. The number of hydrogen-bond donors (Lipinski definition) is 0. The Morgan fingerprint density at radius 3 is 1.61 bits per heavy atom. The van der Waals surface area contributed by atoms with Crippen molar-refractivity contribution in [2.24, 2.45) is 0 Å². The summed E-state index contributed by atoms with van der Waals surface area (Å²) >= 11 is 0. The van der Waals surface area contributed by atoms with Gasteiger partial charge in [0.2, 0.25) is 0 Å². The van der Waals surface area contributed by atoms with Gasteiger partial charge in [-0.25, -0.2) is 0 Å². The Balaban J connectivity index is 1.27. The molecule has 10 rings (SSSR count). The fourth-order valence-electron chi connectivity index (χ4n) is 8.01. The fourth-order valence-corrected chi connectivity index (χ4v) is 8.01. The molecule has 0 saturated carbocycles. The molecule has 0 radical (unpaired) electrons. The van der Waals surface area contributed by atoms with Gasteiger partial charge in [0.15, 0.2) is 0 Å². The molecule has 51 heavy (non-hydrogen) atoms. The largest absolute Gasteiger partial charge is 0.309 e. The van der Waals surface area contributed by atoms with Crippen LogP contribution in [0.5, 0.6) is 0 Å². The van der Waals surface area contributed by atoms with Crippen molar-refractivity contribution in [2.75, 3.05) is 9.80 Å². The van der Waals surface area contributed by atoms with Gasteiger partial charge in [-0.2, -0.15) is 0 Å². The highest BCUT2D eigenvalue weighted by Gasteiger charge is 2.25. The number of hydrogen-bond acceptors (Lipinski definition) is 2. The minimum Gasteiger partial charge on any atom is -0.309 e. The van der Waals surface area contributed by atoms with Crippen molar-refractivity contribution in [3.8, 4) is 0 Å². The van der Waals surface area contributed by atoms with Gasteiger partial charge >= 0.3 is 0 Å². The number of para-hydroxylation sites is 2. The Morgan fingerprint density at radius 2 is 0.941 bits per heavy atom. The molecule has 0 bridgehead atoms. The molecule has 0 fully saturated rings. The molecule has 0 N–H and O–H groups in total. The smallest absolute Gasteiger partial charge is 0.105 e. The molecule has 1 aliphatic carbocycles. The van der Waals surface area contributed by atoms with Crippen LogP contribution in [0.15, 0.2) is 182 Å². The van der Waals surface area contributed by atoms with Gasteiger partial charge in [-0.15, -0.1) is 0 Å². The number of fused-ring (bicyclic) bond motifs is 2. The maximum absolute atomic E-state index is 3.65. The van der Waals surface area contributed by atoms with Crippen molar-refractivity contribution in [2.45, 2.75) is 6.92 Å². The molecule has 0 aliphatic heterocycles. The Labute approximate surface area is 296 Å². The van der Waals surface area contributed by atoms with Crippen LogP contribution in [0.2, 0.25) is 0 Å². The normalized spacial score (nSPS) is 12.0. The van der Waals surface area contributed by atoms with E-state index in [9.17, 15) is 0 Å². The molecular formula is C49H32N2. The summed E-state index contributed by atoms with van der Waals surface area (Å²) in [6, 6.07) is 63.3. The molecule has 0 atom stereocenters. The molecule has 1 aliphatic rings. The lowest BCUT2D eigenvalue weighted by molar-refractivity contribution is 1.30. The van der Waals surface area contributed by atoms with E-state index in [-0.39, 0.29) is 0 Å². The van der Waals surface area contributed by atoms with Gasteiger partial charge in [0.05, 0.1) is 17.1 Å². The maximum atomic E-state index is 3.65. The van der Waals surface area contributed by atoms with Gasteiger partial charge in [-0.1, -0.05) is 133 Å². The van der Waals surface area contributed by atoms with Crippen LogP contribution in [0.3, 0.4) is 0 Å². The van der Waals surface area contributed by atoms with Crippen LogP contribution in [0, 0.1) is 6.92 Å². The molecule has 9 aromatic carbocycles. The summed E-state index contributed by atoms with van der Waals surface area (Å²) < 4.78 is 0. The number of nitrogens with zero attached hydrogens (tertiary/aromatic N) is 2. The predicted octanol–water partition coefficient (Wildman–Crippen LogP) is 12.5. The van der Waals surface area contributed by atoms with E-state index in [1.165, 1.54) is 48.7 Å². The molecule has 2 nitrogen and oxygen atoms in total. The van der Waals surface area contributed by atoms with Crippen molar-refractivity contribution in [3.63, 3.8) is 0 Å². The summed E-state index contributed by atoms with van der Waals surface area (Å²) in [7, 11) is 0. The highest BCUT2D eigenvalue weighted by atomic mass is 15.2. The van der Waals surface area contributed by atoms with E-state index in [1.54, 1.807) is 0 Å². The molecule has 0 saturated heterocycles. The average molecular weight is 649 g/mol. The van der Waals surface area contributed by atoms with Gasteiger partial charge in [0.1, 0.15) is 5.70 Å². The summed E-state index contributed by atoms with van der Waals surface area (Å²) in [6.45, 7) is 2.24. The van der Waals surface area contributed by atoms with E-state index in [4.69, 9.17) is 0 Å². The van der Waals surface area contributed by atoms with Gasteiger partial charge in [0.25, 0.3) is 0 Å². The van der Waals surface area contributed by atoms with E-state index in [2.05, 4.69) is 204 Å². The van der Waals surface area contributed by atoms with Gasteiger partial charge in [0, 0.05) is 49.1 Å². The average Bonchev–Trinajstić information content (AvgIpc) is 3.19. The summed E-state index contributed by atoms with van der Waals surface area (Å²) in [6.07, 6.45) is 0. The zero-order valence-electron chi connectivity index (χ0n) is 28.1. The third-order valence-electron chi connectivity index (χ3n) is 10.3. The minimum atomic E-state index is 0.983. The summed E-state index contributed by atoms with van der Waals surface area (Å²) in [5.41, 5.74) is 16.3. The molecule has 0 unspecified atom stereocenters. The topological polar surface area (TPSA) is 6.48 Å². The minimum absolute atomic E-state index is 0.983. The lowest BCUT2D eigenvalue weighted by Gasteiger charge is -2.31. The van der Waals surface area contributed by atoms with Crippen molar-refractivity contribution in [1.29, 1.82) is 0 Å². The van der Waals surface area contributed by atoms with Crippen molar-refractivity contribution in [3.05, 3.63) is 198 Å². The van der Waals surface area contributed by atoms with Crippen LogP contribution in [0.4, 0.5) is 28.4 Å². The zero-order valence-corrected chi connectivity index (χ0v) is 28.1. The third-order valence-corrected chi connectivity index (χ3v) is 10.3. The Hall–Kier alpha value is -6.82. The number of benzene rings is 9. The summed E-state index contributed by atoms with van der Waals surface area (Å²) in [5.74, 6) is 0. The van der Waals surface area contributed by atoms with E-state index in [1.807, 2.05) is 0 Å². The molecule has 2 heteroatoms. The standard InChI is InChI=1S/C49H32N2/c1-33-32-47(51(38-20-6-3-7-21-38)45-25-13-17-35-15-9-11-23-41(35)45)43-28-26-36-27-31-46(42-30-29-39(33)49(43)48(36)42)50(37-18-4-2-5-19-37)44-24-12-16-34-14-8-10-22-40(34)44/h2-26,28-30,32H,1H3. The Morgan fingerprint density at radius 1 is 0.392 bits per heavy atom. The highest BCUT2D eigenvalue weighted by Crippen LogP contribution is 2.47. The zero-order chi connectivity index (χ0) is 33.9. The molecule has 0 aromatic heterocycles. The maximum Gasteiger partial charge on any atom is 0.105 e. The molecule has 238 valence electrons. The third kappa shape index (κ3) is 4.60. The predicted molar refractivity (Wildman–Crippen MR) is 216 cm³/mol. The van der Waals surface area contributed by atoms with Crippen molar-refractivity contribution < 1.29 is 0 Å². The number of aryl methyl sites for hydroxylation is 1. The van der Waals surface area contributed by atoms with Crippen molar-refractivity contribution >= 4 is 83.0 Å². The monoisotopic (exact) mass is 648 g/mol. The van der Waals surface area contributed by atoms with E-state index >= 15 is 0 Å². The summed E-state index contributed by atoms with van der Waals surface area (Å²) in [5, 5.41) is 10.8.